The lowest BCUT2D eigenvalue weighted by molar-refractivity contribution is -0.870. The number of likely N-dealkylation sites (N-methyl/N-ethyl adjacent to an activating group) is 1. The molecule has 0 aromatic heterocycles. The van der Waals surface area contributed by atoms with Gasteiger partial charge in [0.2, 0.25) is 5.91 Å². The minimum absolute atomic E-state index is 0.0217. The van der Waals surface area contributed by atoms with Gasteiger partial charge in [-0.15, -0.1) is 0 Å². The molecule has 0 spiro atoms. The van der Waals surface area contributed by atoms with Crippen LogP contribution in [0.4, 0.5) is 0 Å². The van der Waals surface area contributed by atoms with Gasteiger partial charge in [0.05, 0.1) is 33.8 Å². The standard InChI is InChI=1S/C71H135N2O7P/c1-7-10-13-16-19-22-25-27-29-31-33-34-35-36-37-38-40-41-43-45-48-51-54-57-60-63-70(74)72-68(67-79-81(76,77)78-66-65-73(4,5)6)69(62-59-56-53-50-47-24-21-18-15-12-9-3)80-71(75)64-61-58-55-52-49-46-44-42-39-32-30-28-26-23-20-17-14-11-8-2/h20,23,27-30,59,62,68-69H,7-19,21-22,24-26,31-58,60-61,63-67H2,1-6H3,(H-,72,74,76,77)/b23-20-,29-27+,30-28-,62-59-. The predicted octanol–water partition coefficient (Wildman–Crippen LogP) is 21.4. The molecule has 1 amide bonds. The number of allylic oxidation sites excluding steroid dienone is 7. The smallest absolute Gasteiger partial charge is 0.306 e. The molecule has 0 saturated heterocycles. The number of nitrogens with one attached hydrogen (secondary N) is 1. The predicted molar refractivity (Wildman–Crippen MR) is 349 cm³/mol. The highest BCUT2D eigenvalue weighted by molar-refractivity contribution is 7.45. The van der Waals surface area contributed by atoms with E-state index in [1.54, 1.807) is 0 Å². The number of unbranched alkanes of at least 4 members (excludes halogenated alkanes) is 42. The Bertz CT molecular complexity index is 1520. The van der Waals surface area contributed by atoms with E-state index < -0.39 is 20.0 Å². The molecule has 81 heavy (non-hydrogen) atoms. The molecule has 0 fully saturated rings. The van der Waals surface area contributed by atoms with Crippen LogP contribution in [0.25, 0.3) is 0 Å². The van der Waals surface area contributed by atoms with Gasteiger partial charge in [-0.25, -0.2) is 0 Å². The number of nitrogens with zero attached hydrogens (tertiary/aromatic N) is 1. The molecule has 9 nitrogen and oxygen atoms in total. The van der Waals surface area contributed by atoms with E-state index in [4.69, 9.17) is 13.8 Å². The molecule has 0 rings (SSSR count). The lowest BCUT2D eigenvalue weighted by Crippen LogP contribution is -2.47. The number of phosphoric acid groups is 1. The molecule has 0 aliphatic rings. The molecule has 0 aromatic rings. The van der Waals surface area contributed by atoms with Crippen molar-refractivity contribution >= 4 is 19.7 Å². The SMILES string of the molecule is CCCCC/C=C\C/C=C\CCCCCCCCCCCC(=O)OC(/C=C\CCCCCCCCCCC)C(COP(=O)([O-])OCC[N+](C)(C)C)NC(=O)CCCCCCCCCCCCCCCCC/C=C/CCCCCCCC. The van der Waals surface area contributed by atoms with Crippen molar-refractivity contribution in [3.63, 3.8) is 0 Å². The van der Waals surface area contributed by atoms with E-state index in [2.05, 4.69) is 62.5 Å². The zero-order valence-electron chi connectivity index (χ0n) is 54.5. The second kappa shape index (κ2) is 61.1. The third-order valence-corrected chi connectivity index (χ3v) is 16.7. The van der Waals surface area contributed by atoms with E-state index in [1.807, 2.05) is 33.3 Å². The van der Waals surface area contributed by atoms with Gasteiger partial charge < -0.3 is 28.5 Å². The van der Waals surface area contributed by atoms with Gasteiger partial charge in [0.1, 0.15) is 19.3 Å². The van der Waals surface area contributed by atoms with Crippen LogP contribution in [0.1, 0.15) is 342 Å². The number of esters is 1. The molecule has 0 saturated carbocycles. The summed E-state index contributed by atoms with van der Waals surface area (Å²) < 4.78 is 30.4. The Kier molecular flexibility index (Phi) is 59.5. The summed E-state index contributed by atoms with van der Waals surface area (Å²) in [6.45, 7) is 6.85. The molecule has 0 aliphatic carbocycles. The van der Waals surface area contributed by atoms with Gasteiger partial charge in [-0.05, 0) is 89.5 Å². The summed E-state index contributed by atoms with van der Waals surface area (Å²) in [7, 11) is 1.19. The molecular weight excluding hydrogens is 1020 g/mol. The van der Waals surface area contributed by atoms with Crippen LogP contribution in [0, 0.1) is 0 Å². The maximum atomic E-state index is 13.6. The van der Waals surface area contributed by atoms with Gasteiger partial charge in [-0.2, -0.15) is 0 Å². The molecule has 0 heterocycles. The van der Waals surface area contributed by atoms with Crippen LogP contribution in [0.5, 0.6) is 0 Å². The van der Waals surface area contributed by atoms with Crippen LogP contribution >= 0.6 is 7.82 Å². The molecule has 10 heteroatoms. The van der Waals surface area contributed by atoms with Crippen LogP contribution in [0.2, 0.25) is 0 Å². The van der Waals surface area contributed by atoms with Crippen molar-refractivity contribution in [1.29, 1.82) is 0 Å². The normalized spacial score (nSPS) is 13.8. The van der Waals surface area contributed by atoms with E-state index >= 15 is 0 Å². The van der Waals surface area contributed by atoms with Crippen molar-refractivity contribution in [2.24, 2.45) is 0 Å². The molecule has 0 bridgehead atoms. The Morgan fingerprint density at radius 2 is 0.753 bits per heavy atom. The first-order chi connectivity index (χ1) is 39.4. The largest absolute Gasteiger partial charge is 0.756 e. The van der Waals surface area contributed by atoms with Gasteiger partial charge in [0.25, 0.3) is 7.82 Å². The maximum absolute atomic E-state index is 13.6. The third kappa shape index (κ3) is 62.3. The molecule has 3 atom stereocenters. The highest BCUT2D eigenvalue weighted by Crippen LogP contribution is 2.38. The number of carbonyl (C=O) groups excluding carboxylic acids is 2. The molecular formula is C71H135N2O7P. The Hall–Kier alpha value is -2.03. The minimum atomic E-state index is -4.70. The number of ether oxygens (including phenoxy) is 1. The quantitative estimate of drug-likeness (QED) is 0.0212. The number of amides is 1. The lowest BCUT2D eigenvalue weighted by Gasteiger charge is -2.30. The van der Waals surface area contributed by atoms with Gasteiger partial charge in [0, 0.05) is 12.8 Å². The second-order valence-electron chi connectivity index (χ2n) is 25.0. The monoisotopic (exact) mass is 1160 g/mol. The van der Waals surface area contributed by atoms with E-state index in [1.165, 1.54) is 244 Å². The first kappa shape index (κ1) is 79.0. The van der Waals surface area contributed by atoms with E-state index in [9.17, 15) is 19.0 Å². The highest BCUT2D eigenvalue weighted by atomic mass is 31.2. The fraction of sp³-hybridized carbons (Fsp3) is 0.859. The fourth-order valence-electron chi connectivity index (χ4n) is 10.3. The number of carbonyl (C=O) groups is 2. The van der Waals surface area contributed by atoms with Crippen molar-refractivity contribution < 1.29 is 37.3 Å². The summed E-state index contributed by atoms with van der Waals surface area (Å²) in [5, 5.41) is 3.04. The number of rotatable bonds is 64. The van der Waals surface area contributed by atoms with Gasteiger partial charge in [-0.1, -0.05) is 288 Å². The Balaban J connectivity index is 5.01. The number of quaternary nitrogens is 1. The van der Waals surface area contributed by atoms with Crippen LogP contribution in [-0.2, 0) is 27.9 Å². The van der Waals surface area contributed by atoms with Crippen molar-refractivity contribution in [3.05, 3.63) is 48.6 Å². The third-order valence-electron chi connectivity index (χ3n) is 15.7. The van der Waals surface area contributed by atoms with Crippen molar-refractivity contribution in [2.45, 2.75) is 354 Å². The summed E-state index contributed by atoms with van der Waals surface area (Å²) in [4.78, 5) is 40.1. The van der Waals surface area contributed by atoms with Crippen LogP contribution in [-0.4, -0.2) is 69.4 Å². The van der Waals surface area contributed by atoms with Crippen molar-refractivity contribution in [3.8, 4) is 0 Å². The van der Waals surface area contributed by atoms with Crippen LogP contribution in [0.15, 0.2) is 48.6 Å². The van der Waals surface area contributed by atoms with Gasteiger partial charge >= 0.3 is 5.97 Å². The van der Waals surface area contributed by atoms with E-state index in [0.29, 0.717) is 17.4 Å². The molecule has 476 valence electrons. The van der Waals surface area contributed by atoms with Gasteiger partial charge in [-0.3, -0.25) is 14.2 Å². The Morgan fingerprint density at radius 1 is 0.432 bits per heavy atom. The summed E-state index contributed by atoms with van der Waals surface area (Å²) >= 11 is 0. The van der Waals surface area contributed by atoms with Crippen LogP contribution in [0.3, 0.4) is 0 Å². The Morgan fingerprint density at radius 3 is 1.15 bits per heavy atom. The first-order valence-electron chi connectivity index (χ1n) is 34.9. The summed E-state index contributed by atoms with van der Waals surface area (Å²) in [5.74, 6) is -0.532. The average molecular weight is 1160 g/mol. The first-order valence-corrected chi connectivity index (χ1v) is 36.4. The summed E-state index contributed by atoms with van der Waals surface area (Å²) in [6, 6.07) is -0.889. The van der Waals surface area contributed by atoms with E-state index in [0.717, 1.165) is 64.2 Å². The zero-order chi connectivity index (χ0) is 59.3. The van der Waals surface area contributed by atoms with Crippen molar-refractivity contribution in [2.75, 3.05) is 40.9 Å². The number of phosphoric ester groups is 1. The van der Waals surface area contributed by atoms with Crippen molar-refractivity contribution in [1.82, 2.24) is 5.32 Å². The molecule has 0 radical (unpaired) electrons. The molecule has 1 N–H and O–H groups in total. The summed E-state index contributed by atoms with van der Waals surface area (Å²) in [6.07, 6.45) is 76.6. The second-order valence-corrected chi connectivity index (χ2v) is 26.4. The highest BCUT2D eigenvalue weighted by Gasteiger charge is 2.27. The maximum Gasteiger partial charge on any atom is 0.306 e. The zero-order valence-corrected chi connectivity index (χ0v) is 55.4. The van der Waals surface area contributed by atoms with E-state index in [-0.39, 0.29) is 31.5 Å². The number of hydrogen-bond donors (Lipinski definition) is 1. The molecule has 0 aromatic carbocycles. The minimum Gasteiger partial charge on any atom is -0.756 e. The molecule has 0 aliphatic heterocycles. The fourth-order valence-corrected chi connectivity index (χ4v) is 11.0. The van der Waals surface area contributed by atoms with Gasteiger partial charge in [0.15, 0.2) is 0 Å². The number of hydrogen-bond acceptors (Lipinski definition) is 7. The lowest BCUT2D eigenvalue weighted by atomic mass is 10.0. The topological polar surface area (TPSA) is 114 Å². The van der Waals surface area contributed by atoms with Crippen LogP contribution < -0.4 is 10.2 Å². The average Bonchev–Trinajstić information content (AvgIpc) is 3.44. The summed E-state index contributed by atoms with van der Waals surface area (Å²) in [5.41, 5.74) is 0. The Labute approximate surface area is 503 Å². The molecule has 3 unspecified atom stereocenters.